The molecule has 3 nitrogen and oxygen atoms in total. The molecule has 1 saturated carbocycles. The molecule has 0 radical (unpaired) electrons. The zero-order chi connectivity index (χ0) is 11.3. The Labute approximate surface area is 93.5 Å². The Balaban J connectivity index is 2.48. The molecule has 0 aliphatic heterocycles. The maximum Gasteiger partial charge on any atom is 0.0853 e. The summed E-state index contributed by atoms with van der Waals surface area (Å²) >= 11 is 0. The van der Waals surface area contributed by atoms with Crippen molar-refractivity contribution in [3.63, 3.8) is 0 Å². The Bertz CT molecular complexity index is 173. The molecule has 0 bridgehead atoms. The second kappa shape index (κ2) is 5.83. The number of hydrogen-bond acceptors (Lipinski definition) is 3. The van der Waals surface area contributed by atoms with Crippen molar-refractivity contribution in [2.75, 3.05) is 20.3 Å². The molecule has 0 aromatic carbocycles. The summed E-state index contributed by atoms with van der Waals surface area (Å²) in [7, 11) is 1.82. The van der Waals surface area contributed by atoms with Crippen LogP contribution >= 0.6 is 0 Å². The average Bonchev–Trinajstić information content (AvgIpc) is 2.13. The fourth-order valence-corrected chi connectivity index (χ4v) is 2.15. The molecule has 1 rings (SSSR count). The molecule has 15 heavy (non-hydrogen) atoms. The standard InChI is InChI=1S/C12H25NO2/c1-5-13-11(9-15-10(2)3)12(14-4)7-6-8-12/h10-11,13H,5-9H2,1-4H3. The van der Waals surface area contributed by atoms with Crippen LogP contribution in [0.15, 0.2) is 0 Å². The maximum atomic E-state index is 5.70. The number of hydrogen-bond donors (Lipinski definition) is 1. The second-order valence-electron chi connectivity index (χ2n) is 4.61. The molecule has 3 heteroatoms. The second-order valence-corrected chi connectivity index (χ2v) is 4.61. The Morgan fingerprint density at radius 3 is 2.33 bits per heavy atom. The van der Waals surface area contributed by atoms with Gasteiger partial charge in [0.1, 0.15) is 0 Å². The summed E-state index contributed by atoms with van der Waals surface area (Å²) in [4.78, 5) is 0. The molecule has 0 saturated heterocycles. The first kappa shape index (κ1) is 12.9. The van der Waals surface area contributed by atoms with Crippen molar-refractivity contribution < 1.29 is 9.47 Å². The lowest BCUT2D eigenvalue weighted by atomic mass is 9.74. The third kappa shape index (κ3) is 3.16. The van der Waals surface area contributed by atoms with Crippen LogP contribution in [-0.2, 0) is 9.47 Å². The average molecular weight is 215 g/mol. The molecule has 1 unspecified atom stereocenters. The number of ether oxygens (including phenoxy) is 2. The van der Waals surface area contributed by atoms with Gasteiger partial charge < -0.3 is 14.8 Å². The van der Waals surface area contributed by atoms with E-state index >= 15 is 0 Å². The Hall–Kier alpha value is -0.120. The van der Waals surface area contributed by atoms with Crippen molar-refractivity contribution in [2.45, 2.75) is 57.8 Å². The van der Waals surface area contributed by atoms with Gasteiger partial charge in [0.15, 0.2) is 0 Å². The SMILES string of the molecule is CCNC(COC(C)C)C1(OC)CCC1. The first-order valence-corrected chi connectivity index (χ1v) is 6.04. The van der Waals surface area contributed by atoms with Crippen molar-refractivity contribution >= 4 is 0 Å². The molecule has 1 aliphatic rings. The van der Waals surface area contributed by atoms with Gasteiger partial charge in [-0.05, 0) is 39.7 Å². The number of likely N-dealkylation sites (N-methyl/N-ethyl adjacent to an activating group) is 1. The van der Waals surface area contributed by atoms with E-state index in [1.54, 1.807) is 0 Å². The minimum Gasteiger partial charge on any atom is -0.377 e. The van der Waals surface area contributed by atoms with Crippen molar-refractivity contribution in [2.24, 2.45) is 0 Å². The zero-order valence-corrected chi connectivity index (χ0v) is 10.5. The van der Waals surface area contributed by atoms with E-state index < -0.39 is 0 Å². The third-order valence-corrected chi connectivity index (χ3v) is 3.29. The topological polar surface area (TPSA) is 30.5 Å². The fourth-order valence-electron chi connectivity index (χ4n) is 2.15. The molecular formula is C12H25NO2. The van der Waals surface area contributed by atoms with Crippen LogP contribution in [-0.4, -0.2) is 38.0 Å². The Morgan fingerprint density at radius 1 is 1.33 bits per heavy atom. The van der Waals surface area contributed by atoms with Gasteiger partial charge in [-0.1, -0.05) is 6.92 Å². The summed E-state index contributed by atoms with van der Waals surface area (Å²) in [6.45, 7) is 7.99. The quantitative estimate of drug-likeness (QED) is 0.704. The van der Waals surface area contributed by atoms with E-state index in [-0.39, 0.29) is 5.60 Å². The predicted molar refractivity (Wildman–Crippen MR) is 62.1 cm³/mol. The molecule has 1 N–H and O–H groups in total. The summed E-state index contributed by atoms with van der Waals surface area (Å²) < 4.78 is 11.4. The molecule has 1 atom stereocenters. The lowest BCUT2D eigenvalue weighted by Crippen LogP contribution is -2.58. The van der Waals surface area contributed by atoms with Gasteiger partial charge in [0.05, 0.1) is 24.4 Å². The van der Waals surface area contributed by atoms with E-state index in [4.69, 9.17) is 9.47 Å². The van der Waals surface area contributed by atoms with Crippen molar-refractivity contribution in [3.05, 3.63) is 0 Å². The Kier molecular flexibility index (Phi) is 5.03. The molecule has 90 valence electrons. The zero-order valence-electron chi connectivity index (χ0n) is 10.5. The van der Waals surface area contributed by atoms with Crippen LogP contribution in [0.4, 0.5) is 0 Å². The molecule has 0 spiro atoms. The number of nitrogens with one attached hydrogen (secondary N) is 1. The van der Waals surface area contributed by atoms with E-state index in [1.807, 2.05) is 7.11 Å². The van der Waals surface area contributed by atoms with Gasteiger partial charge in [-0.2, -0.15) is 0 Å². The molecule has 0 aromatic rings. The van der Waals surface area contributed by atoms with E-state index in [1.165, 1.54) is 6.42 Å². The highest BCUT2D eigenvalue weighted by atomic mass is 16.5. The lowest BCUT2D eigenvalue weighted by molar-refractivity contribution is -0.118. The summed E-state index contributed by atoms with van der Waals surface area (Å²) in [5, 5.41) is 3.48. The van der Waals surface area contributed by atoms with Crippen LogP contribution in [0.2, 0.25) is 0 Å². The minimum absolute atomic E-state index is 0.0326. The van der Waals surface area contributed by atoms with E-state index in [9.17, 15) is 0 Å². The van der Waals surface area contributed by atoms with Crippen LogP contribution in [0.5, 0.6) is 0 Å². The maximum absolute atomic E-state index is 5.70. The van der Waals surface area contributed by atoms with Crippen LogP contribution in [0.3, 0.4) is 0 Å². The molecular weight excluding hydrogens is 190 g/mol. The summed E-state index contributed by atoms with van der Waals surface area (Å²) in [6.07, 6.45) is 3.88. The number of rotatable bonds is 7. The van der Waals surface area contributed by atoms with Gasteiger partial charge in [0.25, 0.3) is 0 Å². The summed E-state index contributed by atoms with van der Waals surface area (Å²) in [6, 6.07) is 0.337. The Morgan fingerprint density at radius 2 is 2.00 bits per heavy atom. The van der Waals surface area contributed by atoms with E-state index in [0.717, 1.165) is 26.0 Å². The van der Waals surface area contributed by atoms with Crippen LogP contribution < -0.4 is 5.32 Å². The van der Waals surface area contributed by atoms with Crippen LogP contribution in [0.1, 0.15) is 40.0 Å². The smallest absolute Gasteiger partial charge is 0.0853 e. The molecule has 1 aliphatic carbocycles. The van der Waals surface area contributed by atoms with Gasteiger partial charge in [-0.3, -0.25) is 0 Å². The molecule has 1 fully saturated rings. The molecule has 0 amide bonds. The lowest BCUT2D eigenvalue weighted by Gasteiger charge is -2.46. The highest BCUT2D eigenvalue weighted by Gasteiger charge is 2.44. The third-order valence-electron chi connectivity index (χ3n) is 3.29. The normalized spacial score (nSPS) is 21.4. The largest absolute Gasteiger partial charge is 0.377 e. The van der Waals surface area contributed by atoms with Gasteiger partial charge in [0, 0.05) is 7.11 Å². The molecule has 0 heterocycles. The van der Waals surface area contributed by atoms with Crippen molar-refractivity contribution in [3.8, 4) is 0 Å². The first-order valence-electron chi connectivity index (χ1n) is 6.04. The van der Waals surface area contributed by atoms with Gasteiger partial charge in [-0.25, -0.2) is 0 Å². The van der Waals surface area contributed by atoms with Gasteiger partial charge >= 0.3 is 0 Å². The highest BCUT2D eigenvalue weighted by Crippen LogP contribution is 2.38. The monoisotopic (exact) mass is 215 g/mol. The predicted octanol–water partition coefficient (Wildman–Crippen LogP) is 1.96. The van der Waals surface area contributed by atoms with Crippen molar-refractivity contribution in [1.82, 2.24) is 5.32 Å². The van der Waals surface area contributed by atoms with Crippen molar-refractivity contribution in [1.29, 1.82) is 0 Å². The fraction of sp³-hybridized carbons (Fsp3) is 1.00. The van der Waals surface area contributed by atoms with Crippen LogP contribution in [0.25, 0.3) is 0 Å². The number of methoxy groups -OCH3 is 1. The van der Waals surface area contributed by atoms with Crippen LogP contribution in [0, 0.1) is 0 Å². The summed E-state index contributed by atoms with van der Waals surface area (Å²) in [5.74, 6) is 0. The van der Waals surface area contributed by atoms with Gasteiger partial charge in [0.2, 0.25) is 0 Å². The minimum atomic E-state index is 0.0326. The summed E-state index contributed by atoms with van der Waals surface area (Å²) in [5.41, 5.74) is 0.0326. The first-order chi connectivity index (χ1) is 7.14. The van der Waals surface area contributed by atoms with Gasteiger partial charge in [-0.15, -0.1) is 0 Å². The highest BCUT2D eigenvalue weighted by molar-refractivity contribution is 4.99. The van der Waals surface area contributed by atoms with E-state index in [0.29, 0.717) is 12.1 Å². The molecule has 0 aromatic heterocycles. The van der Waals surface area contributed by atoms with E-state index in [2.05, 4.69) is 26.1 Å².